The molecular weight excluding hydrogens is 496 g/mol. The van der Waals surface area contributed by atoms with Gasteiger partial charge in [-0.25, -0.2) is 0 Å². The maximum Gasteiger partial charge on any atom is 0.277 e. The van der Waals surface area contributed by atoms with Crippen LogP contribution in [-0.4, -0.2) is 75.5 Å². The summed E-state index contributed by atoms with van der Waals surface area (Å²) in [4.78, 5) is 13.6. The highest BCUT2D eigenvalue weighted by Crippen LogP contribution is 2.72. The predicted octanol–water partition coefficient (Wildman–Crippen LogP) is 3.31. The molecule has 3 fully saturated rings. The number of rotatable bonds is 5. The molecule has 38 heavy (non-hydrogen) atoms. The zero-order valence-corrected chi connectivity index (χ0v) is 22.6. The topological polar surface area (TPSA) is 114 Å². The van der Waals surface area contributed by atoms with Crippen LogP contribution in [0.1, 0.15) is 53.4 Å². The minimum atomic E-state index is -1.43. The molecule has 5 atom stereocenters. The van der Waals surface area contributed by atoms with Crippen molar-refractivity contribution in [3.63, 3.8) is 0 Å². The SMILES string of the molecule is COc1c2c(c(O)c3c4c(c(C)cc13)[C@@H]1O[C@@]3(C(OC)OC)O[C@@H]1[C@@](OC)(O4)[C@@]31CO1)C(=O)C(C)(C)CC2. The monoisotopic (exact) mass is 528 g/mol. The van der Waals surface area contributed by atoms with Gasteiger partial charge in [0.1, 0.15) is 23.4 Å². The zero-order chi connectivity index (χ0) is 27.0. The van der Waals surface area contributed by atoms with Crippen LogP contribution in [0.2, 0.25) is 0 Å². The van der Waals surface area contributed by atoms with Gasteiger partial charge in [-0.2, -0.15) is 0 Å². The number of Topliss-reactive ketones (excluding diaryl/α,β-unsaturated/α-hetero) is 1. The first kappa shape index (κ1) is 24.6. The van der Waals surface area contributed by atoms with Crippen LogP contribution < -0.4 is 9.47 Å². The van der Waals surface area contributed by atoms with Gasteiger partial charge in [-0.3, -0.25) is 4.79 Å². The highest BCUT2D eigenvalue weighted by atomic mass is 16.9. The van der Waals surface area contributed by atoms with Crippen molar-refractivity contribution in [2.24, 2.45) is 5.41 Å². The molecule has 10 heteroatoms. The second-order valence-electron chi connectivity index (χ2n) is 11.4. The summed E-state index contributed by atoms with van der Waals surface area (Å²) in [7, 11) is 6.12. The van der Waals surface area contributed by atoms with Gasteiger partial charge in [-0.15, -0.1) is 0 Å². The maximum absolute atomic E-state index is 13.6. The molecule has 204 valence electrons. The maximum atomic E-state index is 13.6. The van der Waals surface area contributed by atoms with Gasteiger partial charge in [-0.1, -0.05) is 13.8 Å². The van der Waals surface area contributed by atoms with Crippen molar-refractivity contribution in [3.8, 4) is 17.2 Å². The number of ketones is 1. The molecular formula is C28H32O10. The second-order valence-corrected chi connectivity index (χ2v) is 11.4. The Balaban J connectivity index is 1.54. The van der Waals surface area contributed by atoms with Crippen LogP contribution in [0.15, 0.2) is 6.07 Å². The van der Waals surface area contributed by atoms with E-state index >= 15 is 0 Å². The van der Waals surface area contributed by atoms with Gasteiger partial charge in [0.05, 0.1) is 24.7 Å². The van der Waals surface area contributed by atoms with Crippen molar-refractivity contribution in [1.29, 1.82) is 0 Å². The largest absolute Gasteiger partial charge is 0.506 e. The van der Waals surface area contributed by atoms with Crippen molar-refractivity contribution in [1.82, 2.24) is 0 Å². The Labute approximate surface area is 220 Å². The molecule has 0 radical (unpaired) electrons. The first-order valence-corrected chi connectivity index (χ1v) is 12.8. The average molecular weight is 529 g/mol. The first-order valence-electron chi connectivity index (χ1n) is 12.8. The van der Waals surface area contributed by atoms with E-state index < -0.39 is 41.1 Å². The fourth-order valence-electron chi connectivity index (χ4n) is 7.30. The molecule has 0 unspecified atom stereocenters. The fourth-order valence-corrected chi connectivity index (χ4v) is 7.30. The van der Waals surface area contributed by atoms with Crippen LogP contribution in [0.5, 0.6) is 17.2 Å². The lowest BCUT2D eigenvalue weighted by molar-refractivity contribution is -0.347. The molecule has 7 rings (SSSR count). The lowest BCUT2D eigenvalue weighted by atomic mass is 9.71. The third-order valence-corrected chi connectivity index (χ3v) is 9.26. The van der Waals surface area contributed by atoms with E-state index in [-0.39, 0.29) is 23.7 Å². The van der Waals surface area contributed by atoms with Gasteiger partial charge in [0.2, 0.25) is 11.9 Å². The Morgan fingerprint density at radius 3 is 2.45 bits per heavy atom. The van der Waals surface area contributed by atoms with Gasteiger partial charge >= 0.3 is 0 Å². The molecule has 5 aliphatic rings. The Morgan fingerprint density at radius 1 is 1.13 bits per heavy atom. The molecule has 4 aliphatic heterocycles. The molecule has 2 aromatic carbocycles. The number of ether oxygens (including phenoxy) is 8. The average Bonchev–Trinajstić information content (AvgIpc) is 3.55. The summed E-state index contributed by atoms with van der Waals surface area (Å²) in [6.45, 7) is 5.96. The summed E-state index contributed by atoms with van der Waals surface area (Å²) in [5, 5.41) is 12.8. The van der Waals surface area contributed by atoms with Gasteiger partial charge in [0.25, 0.3) is 11.6 Å². The van der Waals surface area contributed by atoms with Crippen LogP contribution in [-0.2, 0) is 34.8 Å². The second kappa shape index (κ2) is 7.38. The molecule has 0 amide bonds. The standard InChI is InChI=1S/C28H32O10/c1-12-10-14-16(18(29)17-13(19(14)31-4)8-9-25(2,3)22(17)30)20-15(12)21-23-27(34-7,36-20)26(11-35-26)28(37-21,38-23)24(32-5)33-6/h10,21,23-24,29H,8-9,11H2,1-7H3/t21-,23-,26-,27+,28-/m0/s1. The molecule has 1 N–H and O–H groups in total. The number of hydrogen-bond donors (Lipinski definition) is 1. The lowest BCUT2D eigenvalue weighted by Crippen LogP contribution is -2.70. The predicted molar refractivity (Wildman–Crippen MR) is 132 cm³/mol. The van der Waals surface area contributed by atoms with Crippen LogP contribution in [0.3, 0.4) is 0 Å². The summed E-state index contributed by atoms with van der Waals surface area (Å²) in [5.41, 5.74) is 0.738. The van der Waals surface area contributed by atoms with E-state index in [1.54, 1.807) is 7.11 Å². The number of phenolic OH excluding ortho intramolecular Hbond substituents is 1. The highest BCUT2D eigenvalue weighted by Gasteiger charge is 2.93. The molecule has 0 aromatic heterocycles. The Kier molecular flexibility index (Phi) is 4.77. The number of carbonyl (C=O) groups excluding carboxylic acids is 1. The highest BCUT2D eigenvalue weighted by molar-refractivity contribution is 6.13. The summed E-state index contributed by atoms with van der Waals surface area (Å²) in [5.74, 6) is -2.19. The number of aryl methyl sites for hydroxylation is 1. The Hall–Kier alpha value is -2.47. The van der Waals surface area contributed by atoms with Gasteiger partial charge in [0.15, 0.2) is 11.9 Å². The van der Waals surface area contributed by atoms with E-state index in [1.807, 2.05) is 26.8 Å². The van der Waals surface area contributed by atoms with Crippen molar-refractivity contribution in [2.75, 3.05) is 35.0 Å². The number of carbonyl (C=O) groups is 1. The van der Waals surface area contributed by atoms with Gasteiger partial charge < -0.3 is 43.0 Å². The number of hydrogen-bond acceptors (Lipinski definition) is 10. The van der Waals surface area contributed by atoms with Crippen LogP contribution in [0.25, 0.3) is 10.8 Å². The van der Waals surface area contributed by atoms with Crippen molar-refractivity contribution >= 4 is 16.6 Å². The number of phenols is 1. The number of epoxide rings is 1. The molecule has 0 saturated carbocycles. The van der Waals surface area contributed by atoms with Crippen molar-refractivity contribution < 1.29 is 47.8 Å². The Bertz CT molecular complexity index is 1410. The Morgan fingerprint density at radius 2 is 1.84 bits per heavy atom. The van der Waals surface area contributed by atoms with E-state index in [0.29, 0.717) is 46.2 Å². The fraction of sp³-hybridized carbons (Fsp3) is 0.607. The smallest absolute Gasteiger partial charge is 0.277 e. The zero-order valence-electron chi connectivity index (χ0n) is 22.6. The summed E-state index contributed by atoms with van der Waals surface area (Å²) in [6, 6.07) is 1.94. The van der Waals surface area contributed by atoms with Crippen LogP contribution in [0.4, 0.5) is 0 Å². The van der Waals surface area contributed by atoms with Crippen LogP contribution in [0, 0.1) is 12.3 Å². The molecule has 2 bridgehead atoms. The third-order valence-electron chi connectivity index (χ3n) is 9.26. The van der Waals surface area contributed by atoms with E-state index in [2.05, 4.69) is 0 Å². The molecule has 4 heterocycles. The quantitative estimate of drug-likeness (QED) is 0.458. The normalized spacial score (nSPS) is 35.5. The molecule has 3 saturated heterocycles. The van der Waals surface area contributed by atoms with E-state index in [9.17, 15) is 9.90 Å². The van der Waals surface area contributed by atoms with Gasteiger partial charge in [0, 0.05) is 43.3 Å². The number of benzene rings is 2. The molecule has 10 nitrogen and oxygen atoms in total. The molecule has 1 spiro atoms. The molecule has 1 aliphatic carbocycles. The van der Waals surface area contributed by atoms with E-state index in [4.69, 9.17) is 37.9 Å². The lowest BCUT2D eigenvalue weighted by Gasteiger charge is -2.49. The number of aromatic hydroxyl groups is 1. The van der Waals surface area contributed by atoms with E-state index in [0.717, 1.165) is 5.56 Å². The minimum absolute atomic E-state index is 0.128. The number of methoxy groups -OCH3 is 4. The summed E-state index contributed by atoms with van der Waals surface area (Å²) < 4.78 is 49.2. The van der Waals surface area contributed by atoms with Gasteiger partial charge in [-0.05, 0) is 31.4 Å². The third kappa shape index (κ3) is 2.44. The van der Waals surface area contributed by atoms with Crippen LogP contribution >= 0.6 is 0 Å². The summed E-state index contributed by atoms with van der Waals surface area (Å²) in [6.07, 6.45) is -0.991. The number of fused-ring (bicyclic) bond motifs is 8. The van der Waals surface area contributed by atoms with Crippen molar-refractivity contribution in [3.05, 3.63) is 28.3 Å². The molecule has 2 aromatic rings. The summed E-state index contributed by atoms with van der Waals surface area (Å²) >= 11 is 0. The van der Waals surface area contributed by atoms with E-state index in [1.165, 1.54) is 21.3 Å². The minimum Gasteiger partial charge on any atom is -0.506 e. The van der Waals surface area contributed by atoms with Crippen molar-refractivity contribution in [2.45, 2.75) is 69.3 Å². The first-order chi connectivity index (χ1) is 18.1.